The first-order valence-corrected chi connectivity index (χ1v) is 7.70. The number of nitrogens with zero attached hydrogens (tertiary/aromatic N) is 2. The number of rotatable bonds is 1. The van der Waals surface area contributed by atoms with Gasteiger partial charge in [-0.25, -0.2) is 9.78 Å². The summed E-state index contributed by atoms with van der Waals surface area (Å²) in [5, 5.41) is 6.48. The number of amides is 3. The number of aromatic nitrogens is 1. The van der Waals surface area contributed by atoms with Crippen LogP contribution in [0.3, 0.4) is 0 Å². The Hall–Kier alpha value is -1.86. The van der Waals surface area contributed by atoms with E-state index in [-0.39, 0.29) is 5.91 Å². The molecule has 3 heterocycles. The lowest BCUT2D eigenvalue weighted by atomic mass is 10.00. The van der Waals surface area contributed by atoms with Crippen molar-refractivity contribution in [2.75, 3.05) is 18.0 Å². The van der Waals surface area contributed by atoms with E-state index in [4.69, 9.17) is 11.6 Å². The predicted molar refractivity (Wildman–Crippen MR) is 80.9 cm³/mol. The molecule has 2 N–H and O–H groups in total. The molecule has 6 nitrogen and oxygen atoms in total. The van der Waals surface area contributed by atoms with Gasteiger partial charge in [-0.1, -0.05) is 29.0 Å². The van der Waals surface area contributed by atoms with Crippen LogP contribution in [0.4, 0.5) is 9.93 Å². The number of halogens is 1. The molecule has 2 saturated heterocycles. The molecule has 2 aromatic rings. The quantitative estimate of drug-likeness (QED) is 0.784. The van der Waals surface area contributed by atoms with Crippen LogP contribution < -0.4 is 15.5 Å². The largest absolute Gasteiger partial charge is 0.345 e. The Labute approximate surface area is 129 Å². The van der Waals surface area contributed by atoms with Crippen LogP contribution in [0, 0.1) is 0 Å². The van der Waals surface area contributed by atoms with Crippen LogP contribution in [0.5, 0.6) is 0 Å². The van der Waals surface area contributed by atoms with Gasteiger partial charge in [0.25, 0.3) is 5.91 Å². The maximum absolute atomic E-state index is 12.0. The number of benzene rings is 1. The molecule has 0 aliphatic carbocycles. The van der Waals surface area contributed by atoms with Crippen LogP contribution >= 0.6 is 22.9 Å². The maximum atomic E-state index is 12.0. The van der Waals surface area contributed by atoms with Crippen molar-refractivity contribution in [3.63, 3.8) is 0 Å². The second kappa shape index (κ2) is 4.32. The Morgan fingerprint density at radius 1 is 1.38 bits per heavy atom. The molecule has 108 valence electrons. The van der Waals surface area contributed by atoms with Gasteiger partial charge in [-0.05, 0) is 18.6 Å². The summed E-state index contributed by atoms with van der Waals surface area (Å²) in [6.07, 6.45) is 0.578. The van der Waals surface area contributed by atoms with Gasteiger partial charge >= 0.3 is 6.03 Å². The normalized spacial score (nSPS) is 24.9. The molecule has 0 bridgehead atoms. The number of fused-ring (bicyclic) bond motifs is 1. The topological polar surface area (TPSA) is 74.3 Å². The highest BCUT2D eigenvalue weighted by atomic mass is 35.5. The zero-order valence-electron chi connectivity index (χ0n) is 10.9. The maximum Gasteiger partial charge on any atom is 0.322 e. The van der Waals surface area contributed by atoms with Crippen molar-refractivity contribution in [3.8, 4) is 0 Å². The summed E-state index contributed by atoms with van der Waals surface area (Å²) in [5.41, 5.74) is -0.0429. The Morgan fingerprint density at radius 2 is 2.24 bits per heavy atom. The number of thiazole rings is 1. The number of para-hydroxylation sites is 1. The van der Waals surface area contributed by atoms with E-state index in [0.29, 0.717) is 24.5 Å². The summed E-state index contributed by atoms with van der Waals surface area (Å²) in [6, 6.07) is 5.25. The van der Waals surface area contributed by atoms with E-state index < -0.39 is 11.6 Å². The Balaban J connectivity index is 1.67. The molecule has 8 heteroatoms. The van der Waals surface area contributed by atoms with Crippen LogP contribution in [-0.4, -0.2) is 35.6 Å². The number of imide groups is 1. The summed E-state index contributed by atoms with van der Waals surface area (Å²) < 4.78 is 1.01. The van der Waals surface area contributed by atoms with Crippen molar-refractivity contribution in [1.29, 1.82) is 0 Å². The van der Waals surface area contributed by atoms with Crippen molar-refractivity contribution < 1.29 is 9.59 Å². The molecular weight excluding hydrogens is 312 g/mol. The SMILES string of the molecule is O=C1NC(=O)C2(CCN(c3nc4c(Cl)cccc4s3)C2)N1. The smallest absolute Gasteiger partial charge is 0.322 e. The fourth-order valence-electron chi connectivity index (χ4n) is 2.83. The fraction of sp³-hybridized carbons (Fsp3) is 0.308. The molecule has 1 spiro atoms. The number of nitrogens with one attached hydrogen (secondary N) is 2. The third-order valence-corrected chi connectivity index (χ3v) is 5.30. The highest BCUT2D eigenvalue weighted by molar-refractivity contribution is 7.22. The van der Waals surface area contributed by atoms with E-state index in [0.717, 1.165) is 15.3 Å². The first kappa shape index (κ1) is 12.8. The predicted octanol–water partition coefficient (Wildman–Crippen LogP) is 1.74. The third kappa shape index (κ3) is 1.88. The van der Waals surface area contributed by atoms with E-state index in [1.54, 1.807) is 0 Å². The fourth-order valence-corrected chi connectivity index (χ4v) is 4.12. The van der Waals surface area contributed by atoms with Crippen LogP contribution in [0.25, 0.3) is 10.2 Å². The van der Waals surface area contributed by atoms with E-state index in [9.17, 15) is 9.59 Å². The summed E-state index contributed by atoms with van der Waals surface area (Å²) in [4.78, 5) is 29.9. The van der Waals surface area contributed by atoms with E-state index in [1.807, 2.05) is 23.1 Å². The summed E-state index contributed by atoms with van der Waals surface area (Å²) >= 11 is 7.68. The lowest BCUT2D eigenvalue weighted by molar-refractivity contribution is -0.123. The van der Waals surface area contributed by atoms with E-state index in [2.05, 4.69) is 15.6 Å². The van der Waals surface area contributed by atoms with Crippen molar-refractivity contribution in [3.05, 3.63) is 23.2 Å². The molecule has 1 unspecified atom stereocenters. The molecule has 3 amide bonds. The minimum atomic E-state index is -0.821. The van der Waals surface area contributed by atoms with Gasteiger partial charge in [-0.15, -0.1) is 0 Å². The number of anilines is 1. The standard InChI is InChI=1S/C13H11ClN4O2S/c14-7-2-1-3-8-9(7)15-12(21-8)18-5-4-13(6-18)10(19)16-11(20)17-13/h1-3H,4-6H2,(H2,16,17,19,20). The van der Waals surface area contributed by atoms with Gasteiger partial charge in [0.1, 0.15) is 11.1 Å². The van der Waals surface area contributed by atoms with Crippen molar-refractivity contribution in [2.45, 2.75) is 12.0 Å². The highest BCUT2D eigenvalue weighted by Gasteiger charge is 2.51. The molecule has 0 radical (unpaired) electrons. The average molecular weight is 323 g/mol. The summed E-state index contributed by atoms with van der Waals surface area (Å²) in [7, 11) is 0. The van der Waals surface area contributed by atoms with Crippen LogP contribution in [-0.2, 0) is 4.79 Å². The number of carbonyl (C=O) groups is 2. The number of hydrogen-bond donors (Lipinski definition) is 2. The highest BCUT2D eigenvalue weighted by Crippen LogP contribution is 2.36. The Morgan fingerprint density at radius 3 is 2.95 bits per heavy atom. The Bertz CT molecular complexity index is 777. The molecule has 21 heavy (non-hydrogen) atoms. The van der Waals surface area contributed by atoms with Gasteiger partial charge in [0.15, 0.2) is 5.13 Å². The van der Waals surface area contributed by atoms with Gasteiger partial charge in [0, 0.05) is 6.54 Å². The van der Waals surface area contributed by atoms with Gasteiger partial charge in [0.2, 0.25) is 0 Å². The molecule has 1 atom stereocenters. The molecule has 2 aliphatic rings. The third-order valence-electron chi connectivity index (χ3n) is 3.91. The first-order chi connectivity index (χ1) is 10.1. The first-order valence-electron chi connectivity index (χ1n) is 6.51. The zero-order chi connectivity index (χ0) is 14.6. The van der Waals surface area contributed by atoms with Crippen molar-refractivity contribution in [2.24, 2.45) is 0 Å². The van der Waals surface area contributed by atoms with Gasteiger partial charge in [0.05, 0.1) is 16.3 Å². The van der Waals surface area contributed by atoms with Crippen molar-refractivity contribution >= 4 is 50.2 Å². The van der Waals surface area contributed by atoms with Gasteiger partial charge in [-0.2, -0.15) is 0 Å². The average Bonchev–Trinajstić information content (AvgIpc) is 3.09. The van der Waals surface area contributed by atoms with Gasteiger partial charge in [-0.3, -0.25) is 10.1 Å². The minimum absolute atomic E-state index is 0.255. The molecule has 4 rings (SSSR count). The number of urea groups is 1. The molecule has 1 aromatic heterocycles. The van der Waals surface area contributed by atoms with E-state index >= 15 is 0 Å². The number of hydrogen-bond acceptors (Lipinski definition) is 5. The van der Waals surface area contributed by atoms with Crippen LogP contribution in [0.2, 0.25) is 5.02 Å². The van der Waals surface area contributed by atoms with Crippen LogP contribution in [0.1, 0.15) is 6.42 Å². The number of carbonyl (C=O) groups excluding carboxylic acids is 2. The second-order valence-electron chi connectivity index (χ2n) is 5.24. The Kier molecular flexibility index (Phi) is 2.64. The molecule has 2 aliphatic heterocycles. The molecular formula is C13H11ClN4O2S. The molecule has 1 aromatic carbocycles. The zero-order valence-corrected chi connectivity index (χ0v) is 12.4. The molecule has 2 fully saturated rings. The van der Waals surface area contributed by atoms with E-state index in [1.165, 1.54) is 11.3 Å². The van der Waals surface area contributed by atoms with Crippen LogP contribution in [0.15, 0.2) is 18.2 Å². The monoisotopic (exact) mass is 322 g/mol. The van der Waals surface area contributed by atoms with Gasteiger partial charge < -0.3 is 10.2 Å². The summed E-state index contributed by atoms with van der Waals surface area (Å²) in [6.45, 7) is 1.10. The lowest BCUT2D eigenvalue weighted by Crippen LogP contribution is -2.49. The molecule has 0 saturated carbocycles. The minimum Gasteiger partial charge on any atom is -0.345 e. The van der Waals surface area contributed by atoms with Crippen molar-refractivity contribution in [1.82, 2.24) is 15.6 Å². The summed E-state index contributed by atoms with van der Waals surface area (Å²) in [5.74, 6) is -0.255. The lowest BCUT2D eigenvalue weighted by Gasteiger charge is -2.20. The second-order valence-corrected chi connectivity index (χ2v) is 6.66.